The lowest BCUT2D eigenvalue weighted by Crippen LogP contribution is -2.50. The number of ether oxygens (including phenoxy) is 1. The molecular formula is C9H17N2O2. The third kappa shape index (κ3) is 3.32. The number of amides is 1. The highest BCUT2D eigenvalue weighted by molar-refractivity contribution is 5.84. The van der Waals surface area contributed by atoms with Gasteiger partial charge in [-0.05, 0) is 6.92 Å². The zero-order valence-electron chi connectivity index (χ0n) is 8.25. The van der Waals surface area contributed by atoms with Crippen LogP contribution in [0.1, 0.15) is 13.8 Å². The standard InChI is InChI=1S/C9H17N2O2/c1-3-9(12)10-8(2)11-4-6-13-7-5-11/h3,8H,4-7H2,1-2H3,(H,10,12). The normalized spacial score (nSPS) is 21.1. The summed E-state index contributed by atoms with van der Waals surface area (Å²) in [4.78, 5) is 13.2. The van der Waals surface area contributed by atoms with Gasteiger partial charge in [0.25, 0.3) is 0 Å². The Morgan fingerprint density at radius 2 is 2.15 bits per heavy atom. The second kappa shape index (κ2) is 5.19. The molecule has 1 atom stereocenters. The average Bonchev–Trinajstić information content (AvgIpc) is 2.19. The Kier molecular flexibility index (Phi) is 4.18. The first-order chi connectivity index (χ1) is 6.24. The fourth-order valence-electron chi connectivity index (χ4n) is 1.35. The second-order valence-electron chi connectivity index (χ2n) is 3.12. The van der Waals surface area contributed by atoms with Gasteiger partial charge >= 0.3 is 0 Å². The van der Waals surface area contributed by atoms with Crippen molar-refractivity contribution in [1.29, 1.82) is 0 Å². The molecular weight excluding hydrogens is 168 g/mol. The smallest absolute Gasteiger partial charge is 0.224 e. The van der Waals surface area contributed by atoms with Crippen LogP contribution in [0, 0.1) is 6.42 Å². The van der Waals surface area contributed by atoms with Crippen molar-refractivity contribution < 1.29 is 9.53 Å². The van der Waals surface area contributed by atoms with Crippen LogP contribution in [0.5, 0.6) is 0 Å². The molecule has 0 aromatic carbocycles. The molecule has 1 heterocycles. The molecule has 0 aromatic rings. The van der Waals surface area contributed by atoms with Crippen molar-refractivity contribution in [3.8, 4) is 0 Å². The summed E-state index contributed by atoms with van der Waals surface area (Å²) in [6, 6.07) is 0. The molecule has 0 spiro atoms. The summed E-state index contributed by atoms with van der Waals surface area (Å²) in [7, 11) is 0. The van der Waals surface area contributed by atoms with Crippen LogP contribution >= 0.6 is 0 Å². The number of carbonyl (C=O) groups excluding carboxylic acids is 1. The van der Waals surface area contributed by atoms with Crippen LogP contribution in [0.15, 0.2) is 0 Å². The fourth-order valence-corrected chi connectivity index (χ4v) is 1.35. The molecule has 0 bridgehead atoms. The molecule has 13 heavy (non-hydrogen) atoms. The van der Waals surface area contributed by atoms with Gasteiger partial charge < -0.3 is 10.1 Å². The lowest BCUT2D eigenvalue weighted by atomic mass is 10.3. The van der Waals surface area contributed by atoms with Gasteiger partial charge in [0.15, 0.2) is 0 Å². The molecule has 1 radical (unpaired) electrons. The third-order valence-electron chi connectivity index (χ3n) is 2.21. The van der Waals surface area contributed by atoms with E-state index < -0.39 is 0 Å². The highest BCUT2D eigenvalue weighted by atomic mass is 16.5. The van der Waals surface area contributed by atoms with Gasteiger partial charge in [-0.15, -0.1) is 0 Å². The van der Waals surface area contributed by atoms with Crippen molar-refractivity contribution >= 4 is 5.91 Å². The molecule has 1 fully saturated rings. The van der Waals surface area contributed by atoms with E-state index in [1.807, 2.05) is 6.92 Å². The Labute approximate surface area is 79.2 Å². The summed E-state index contributed by atoms with van der Waals surface area (Å²) in [5, 5.41) is 2.88. The maximum absolute atomic E-state index is 11.0. The quantitative estimate of drug-likeness (QED) is 0.673. The number of morpholine rings is 1. The first kappa shape index (κ1) is 10.5. The zero-order valence-corrected chi connectivity index (χ0v) is 8.25. The first-order valence-corrected chi connectivity index (χ1v) is 4.65. The lowest BCUT2D eigenvalue weighted by molar-refractivity contribution is -0.120. The van der Waals surface area contributed by atoms with Crippen LogP contribution in [0.25, 0.3) is 0 Å². The van der Waals surface area contributed by atoms with Crippen LogP contribution in [0.3, 0.4) is 0 Å². The summed E-state index contributed by atoms with van der Waals surface area (Å²) in [6.45, 7) is 7.04. The highest BCUT2D eigenvalue weighted by Crippen LogP contribution is 2.00. The van der Waals surface area contributed by atoms with Crippen molar-refractivity contribution in [3.05, 3.63) is 6.42 Å². The van der Waals surface area contributed by atoms with E-state index in [0.29, 0.717) is 0 Å². The van der Waals surface area contributed by atoms with Gasteiger partial charge in [-0.25, -0.2) is 0 Å². The Morgan fingerprint density at radius 3 is 2.69 bits per heavy atom. The topological polar surface area (TPSA) is 41.6 Å². The predicted molar refractivity (Wildman–Crippen MR) is 50.0 cm³/mol. The summed E-state index contributed by atoms with van der Waals surface area (Å²) >= 11 is 0. The summed E-state index contributed by atoms with van der Waals surface area (Å²) < 4.78 is 5.22. The molecule has 1 aliphatic rings. The van der Waals surface area contributed by atoms with E-state index in [4.69, 9.17) is 4.74 Å². The molecule has 1 saturated heterocycles. The van der Waals surface area contributed by atoms with Crippen LogP contribution in [0.2, 0.25) is 0 Å². The van der Waals surface area contributed by atoms with E-state index in [9.17, 15) is 4.79 Å². The maximum Gasteiger partial charge on any atom is 0.224 e. The van der Waals surface area contributed by atoms with Crippen LogP contribution < -0.4 is 5.32 Å². The van der Waals surface area contributed by atoms with E-state index in [-0.39, 0.29) is 12.1 Å². The van der Waals surface area contributed by atoms with Gasteiger partial charge in [-0.3, -0.25) is 9.69 Å². The number of nitrogens with zero attached hydrogens (tertiary/aromatic N) is 1. The number of nitrogens with one attached hydrogen (secondary N) is 1. The van der Waals surface area contributed by atoms with E-state index >= 15 is 0 Å². The Morgan fingerprint density at radius 1 is 1.54 bits per heavy atom. The van der Waals surface area contributed by atoms with Crippen molar-refractivity contribution in [2.45, 2.75) is 20.0 Å². The zero-order chi connectivity index (χ0) is 9.68. The Hall–Kier alpha value is -0.610. The molecule has 0 aromatic heterocycles. The van der Waals surface area contributed by atoms with E-state index in [1.165, 1.54) is 6.42 Å². The lowest BCUT2D eigenvalue weighted by Gasteiger charge is -2.32. The largest absolute Gasteiger partial charge is 0.379 e. The van der Waals surface area contributed by atoms with E-state index in [0.717, 1.165) is 26.3 Å². The van der Waals surface area contributed by atoms with Crippen LogP contribution in [-0.4, -0.2) is 43.3 Å². The van der Waals surface area contributed by atoms with Gasteiger partial charge in [0.2, 0.25) is 5.91 Å². The maximum atomic E-state index is 11.0. The minimum absolute atomic E-state index is 0.0148. The van der Waals surface area contributed by atoms with Gasteiger partial charge in [0, 0.05) is 19.5 Å². The molecule has 0 saturated carbocycles. The van der Waals surface area contributed by atoms with Gasteiger partial charge in [-0.2, -0.15) is 0 Å². The SMILES string of the molecule is C[CH]C(=O)NC(C)N1CCOCC1. The molecule has 4 heteroatoms. The summed E-state index contributed by atoms with van der Waals surface area (Å²) in [5.74, 6) is -0.0148. The summed E-state index contributed by atoms with van der Waals surface area (Å²) in [6.07, 6.45) is 1.64. The van der Waals surface area contributed by atoms with Crippen LogP contribution in [0.4, 0.5) is 0 Å². The third-order valence-corrected chi connectivity index (χ3v) is 2.21. The molecule has 1 N–H and O–H groups in total. The minimum Gasteiger partial charge on any atom is -0.379 e. The van der Waals surface area contributed by atoms with Crippen LogP contribution in [-0.2, 0) is 9.53 Å². The number of carbonyl (C=O) groups is 1. The van der Waals surface area contributed by atoms with E-state index in [2.05, 4.69) is 10.2 Å². The molecule has 1 aliphatic heterocycles. The first-order valence-electron chi connectivity index (χ1n) is 4.65. The monoisotopic (exact) mass is 185 g/mol. The average molecular weight is 185 g/mol. The van der Waals surface area contributed by atoms with Gasteiger partial charge in [0.05, 0.1) is 19.4 Å². The Bertz CT molecular complexity index is 167. The molecule has 1 unspecified atom stereocenters. The summed E-state index contributed by atoms with van der Waals surface area (Å²) in [5.41, 5.74) is 0. The number of rotatable bonds is 3. The molecule has 1 amide bonds. The Balaban J connectivity index is 2.28. The van der Waals surface area contributed by atoms with Crippen molar-refractivity contribution in [2.75, 3.05) is 26.3 Å². The van der Waals surface area contributed by atoms with Crippen molar-refractivity contribution in [1.82, 2.24) is 10.2 Å². The molecule has 4 nitrogen and oxygen atoms in total. The molecule has 0 aliphatic carbocycles. The van der Waals surface area contributed by atoms with Gasteiger partial charge in [-0.1, -0.05) is 6.92 Å². The minimum atomic E-state index is -0.0148. The number of hydrogen-bond acceptors (Lipinski definition) is 3. The molecule has 75 valence electrons. The van der Waals surface area contributed by atoms with Crippen molar-refractivity contribution in [3.63, 3.8) is 0 Å². The fraction of sp³-hybridized carbons (Fsp3) is 0.778. The van der Waals surface area contributed by atoms with Gasteiger partial charge in [0.1, 0.15) is 0 Å². The predicted octanol–water partition coefficient (Wildman–Crippen LogP) is 0.00499. The second-order valence-corrected chi connectivity index (χ2v) is 3.12. The van der Waals surface area contributed by atoms with E-state index in [1.54, 1.807) is 6.92 Å². The highest BCUT2D eigenvalue weighted by Gasteiger charge is 2.17. The number of hydrogen-bond donors (Lipinski definition) is 1. The molecule has 1 rings (SSSR count). The van der Waals surface area contributed by atoms with Crippen molar-refractivity contribution in [2.24, 2.45) is 0 Å².